The maximum absolute atomic E-state index is 12.8. The van der Waals surface area contributed by atoms with Crippen molar-refractivity contribution in [2.75, 3.05) is 27.2 Å². The van der Waals surface area contributed by atoms with E-state index < -0.39 is 0 Å². The summed E-state index contributed by atoms with van der Waals surface area (Å²) in [6, 6.07) is 18.5. The van der Waals surface area contributed by atoms with Gasteiger partial charge >= 0.3 is 0 Å². The third-order valence-corrected chi connectivity index (χ3v) is 6.16. The summed E-state index contributed by atoms with van der Waals surface area (Å²) in [5.74, 6) is -0.0504. The fourth-order valence-electron chi connectivity index (χ4n) is 4.35. The number of hydrogen-bond donors (Lipinski definition) is 1. The van der Waals surface area contributed by atoms with Crippen LogP contribution in [0.3, 0.4) is 0 Å². The smallest absolute Gasteiger partial charge is 0.257 e. The third kappa shape index (κ3) is 5.71. The molecule has 172 valence electrons. The van der Waals surface area contributed by atoms with Gasteiger partial charge in [-0.15, -0.1) is 0 Å². The molecule has 1 fully saturated rings. The number of likely N-dealkylation sites (tertiary alicyclic amines) is 1. The van der Waals surface area contributed by atoms with E-state index in [2.05, 4.69) is 60.7 Å². The molecule has 2 amide bonds. The molecule has 3 aromatic rings. The SMILES string of the molecule is CN(C)Cc1ccc(-c2ccccc2CNC(=O)C2CCN(C(=O)c3ccoc3)CC2)cc1. The van der Waals surface area contributed by atoms with E-state index in [1.54, 1.807) is 11.0 Å². The van der Waals surface area contributed by atoms with Gasteiger partial charge < -0.3 is 19.5 Å². The minimum Gasteiger partial charge on any atom is -0.472 e. The molecule has 1 aromatic heterocycles. The predicted octanol–water partition coefficient (Wildman–Crippen LogP) is 4.18. The first-order valence-electron chi connectivity index (χ1n) is 11.4. The molecule has 33 heavy (non-hydrogen) atoms. The van der Waals surface area contributed by atoms with Crippen LogP contribution in [0, 0.1) is 5.92 Å². The van der Waals surface area contributed by atoms with Gasteiger partial charge in [-0.25, -0.2) is 0 Å². The van der Waals surface area contributed by atoms with E-state index in [-0.39, 0.29) is 17.7 Å². The van der Waals surface area contributed by atoms with Crippen LogP contribution >= 0.6 is 0 Å². The lowest BCUT2D eigenvalue weighted by atomic mass is 9.95. The fraction of sp³-hybridized carbons (Fsp3) is 0.333. The van der Waals surface area contributed by atoms with Crippen LogP contribution in [0.1, 0.15) is 34.3 Å². The molecule has 0 radical (unpaired) electrons. The van der Waals surface area contributed by atoms with Gasteiger partial charge in [-0.1, -0.05) is 48.5 Å². The van der Waals surface area contributed by atoms with E-state index in [9.17, 15) is 9.59 Å². The third-order valence-electron chi connectivity index (χ3n) is 6.16. The van der Waals surface area contributed by atoms with Crippen molar-refractivity contribution in [1.29, 1.82) is 0 Å². The Hall–Kier alpha value is -3.38. The van der Waals surface area contributed by atoms with Crippen molar-refractivity contribution in [3.8, 4) is 11.1 Å². The van der Waals surface area contributed by atoms with Gasteiger partial charge in [0.2, 0.25) is 5.91 Å². The number of carbonyl (C=O) groups is 2. The lowest BCUT2D eigenvalue weighted by molar-refractivity contribution is -0.126. The lowest BCUT2D eigenvalue weighted by Gasteiger charge is -2.31. The van der Waals surface area contributed by atoms with Gasteiger partial charge in [0.1, 0.15) is 6.26 Å². The maximum Gasteiger partial charge on any atom is 0.257 e. The van der Waals surface area contributed by atoms with Crippen molar-refractivity contribution in [1.82, 2.24) is 15.1 Å². The molecular formula is C27H31N3O3. The summed E-state index contributed by atoms with van der Waals surface area (Å²) in [5.41, 5.74) is 5.21. The Morgan fingerprint density at radius 3 is 2.42 bits per heavy atom. The zero-order valence-electron chi connectivity index (χ0n) is 19.3. The van der Waals surface area contributed by atoms with E-state index in [0.29, 0.717) is 38.0 Å². The van der Waals surface area contributed by atoms with Crippen LogP contribution in [0.25, 0.3) is 11.1 Å². The number of benzene rings is 2. The summed E-state index contributed by atoms with van der Waals surface area (Å²) in [6.07, 6.45) is 4.31. The molecule has 2 aromatic carbocycles. The van der Waals surface area contributed by atoms with Crippen LogP contribution in [-0.4, -0.2) is 48.8 Å². The summed E-state index contributed by atoms with van der Waals surface area (Å²) < 4.78 is 5.01. The number of hydrogen-bond acceptors (Lipinski definition) is 4. The molecular weight excluding hydrogens is 414 g/mol. The second kappa shape index (κ2) is 10.5. The predicted molar refractivity (Wildman–Crippen MR) is 128 cm³/mol. The van der Waals surface area contributed by atoms with Crippen LogP contribution in [0.15, 0.2) is 71.5 Å². The summed E-state index contributed by atoms with van der Waals surface area (Å²) in [6.45, 7) is 2.56. The highest BCUT2D eigenvalue weighted by Gasteiger charge is 2.28. The summed E-state index contributed by atoms with van der Waals surface area (Å²) in [4.78, 5) is 29.2. The van der Waals surface area contributed by atoms with Gasteiger partial charge in [0.05, 0.1) is 11.8 Å². The Bertz CT molecular complexity index is 1070. The van der Waals surface area contributed by atoms with Crippen molar-refractivity contribution in [3.63, 3.8) is 0 Å². The van der Waals surface area contributed by atoms with Gasteiger partial charge in [0.15, 0.2) is 0 Å². The van der Waals surface area contributed by atoms with Crippen LogP contribution in [0.2, 0.25) is 0 Å². The van der Waals surface area contributed by atoms with Crippen molar-refractivity contribution in [3.05, 3.63) is 83.8 Å². The molecule has 0 unspecified atom stereocenters. The maximum atomic E-state index is 12.8. The molecule has 0 bridgehead atoms. The van der Waals surface area contributed by atoms with Crippen molar-refractivity contribution in [2.45, 2.75) is 25.9 Å². The second-order valence-electron chi connectivity index (χ2n) is 8.89. The molecule has 0 aliphatic carbocycles. The Labute approximate surface area is 195 Å². The number of nitrogens with one attached hydrogen (secondary N) is 1. The first-order valence-corrected chi connectivity index (χ1v) is 11.4. The van der Waals surface area contributed by atoms with Crippen LogP contribution < -0.4 is 5.32 Å². The number of carbonyl (C=O) groups excluding carboxylic acids is 2. The monoisotopic (exact) mass is 445 g/mol. The Kier molecular flexibility index (Phi) is 7.25. The van der Waals surface area contributed by atoms with E-state index in [1.165, 1.54) is 18.1 Å². The molecule has 0 spiro atoms. The minimum absolute atomic E-state index is 0.0341. The molecule has 0 atom stereocenters. The average molecular weight is 446 g/mol. The van der Waals surface area contributed by atoms with Crippen molar-refractivity contribution in [2.24, 2.45) is 5.92 Å². The van der Waals surface area contributed by atoms with Crippen LogP contribution in [0.4, 0.5) is 0 Å². The average Bonchev–Trinajstić information content (AvgIpc) is 3.38. The summed E-state index contributed by atoms with van der Waals surface area (Å²) in [5, 5.41) is 3.12. The highest BCUT2D eigenvalue weighted by molar-refractivity contribution is 5.94. The van der Waals surface area contributed by atoms with E-state index in [1.807, 2.05) is 12.1 Å². The standard InChI is InChI=1S/C27H31N3O3/c1-29(2)18-20-7-9-21(10-8-20)25-6-4-3-5-23(25)17-28-26(31)22-11-14-30(15-12-22)27(32)24-13-16-33-19-24/h3-10,13,16,19,22H,11-12,14-15,17-18H2,1-2H3,(H,28,31). The van der Waals surface area contributed by atoms with Crippen LogP contribution in [0.5, 0.6) is 0 Å². The van der Waals surface area contributed by atoms with Crippen LogP contribution in [-0.2, 0) is 17.9 Å². The van der Waals surface area contributed by atoms with Gasteiger partial charge in [-0.3, -0.25) is 9.59 Å². The Morgan fingerprint density at radius 1 is 1.03 bits per heavy atom. The van der Waals surface area contributed by atoms with Crippen molar-refractivity contribution < 1.29 is 14.0 Å². The molecule has 1 saturated heterocycles. The quantitative estimate of drug-likeness (QED) is 0.593. The van der Waals surface area contributed by atoms with E-state index in [4.69, 9.17) is 4.42 Å². The normalized spacial score (nSPS) is 14.5. The highest BCUT2D eigenvalue weighted by atomic mass is 16.3. The molecule has 6 nitrogen and oxygen atoms in total. The number of furan rings is 1. The summed E-state index contributed by atoms with van der Waals surface area (Å²) in [7, 11) is 4.13. The van der Waals surface area contributed by atoms with Gasteiger partial charge in [0.25, 0.3) is 5.91 Å². The number of piperidine rings is 1. The molecule has 1 aliphatic heterocycles. The van der Waals surface area contributed by atoms with Gasteiger partial charge in [-0.2, -0.15) is 0 Å². The fourth-order valence-corrected chi connectivity index (χ4v) is 4.35. The lowest BCUT2D eigenvalue weighted by Crippen LogP contribution is -2.42. The zero-order chi connectivity index (χ0) is 23.2. The number of amides is 2. The number of rotatable bonds is 7. The highest BCUT2D eigenvalue weighted by Crippen LogP contribution is 2.25. The zero-order valence-corrected chi connectivity index (χ0v) is 19.3. The molecule has 6 heteroatoms. The first-order chi connectivity index (χ1) is 16.0. The largest absolute Gasteiger partial charge is 0.472 e. The van der Waals surface area contributed by atoms with Crippen molar-refractivity contribution >= 4 is 11.8 Å². The van der Waals surface area contributed by atoms with E-state index >= 15 is 0 Å². The van der Waals surface area contributed by atoms with Gasteiger partial charge in [-0.05, 0) is 55.3 Å². The Balaban J connectivity index is 1.33. The topological polar surface area (TPSA) is 65.8 Å². The minimum atomic E-state index is -0.0733. The molecule has 1 N–H and O–H groups in total. The Morgan fingerprint density at radius 2 is 1.76 bits per heavy atom. The summed E-state index contributed by atoms with van der Waals surface area (Å²) >= 11 is 0. The number of nitrogens with zero attached hydrogens (tertiary/aromatic N) is 2. The van der Waals surface area contributed by atoms with Gasteiger partial charge in [0, 0.05) is 32.1 Å². The molecule has 4 rings (SSSR count). The molecule has 1 aliphatic rings. The second-order valence-corrected chi connectivity index (χ2v) is 8.89. The molecule has 2 heterocycles. The van der Waals surface area contributed by atoms with E-state index in [0.717, 1.165) is 23.2 Å². The first kappa shape index (κ1) is 22.8. The molecule has 0 saturated carbocycles.